The largest absolute Gasteiger partial charge is 0.355 e. The van der Waals surface area contributed by atoms with Gasteiger partial charge in [-0.25, -0.2) is 9.50 Å². The van der Waals surface area contributed by atoms with E-state index in [0.29, 0.717) is 37.0 Å². The Morgan fingerprint density at radius 3 is 2.63 bits per heavy atom. The summed E-state index contributed by atoms with van der Waals surface area (Å²) < 4.78 is 1.73. The van der Waals surface area contributed by atoms with Crippen molar-refractivity contribution in [1.82, 2.24) is 24.9 Å². The van der Waals surface area contributed by atoms with Crippen LogP contribution >= 0.6 is 0 Å². The highest BCUT2D eigenvalue weighted by atomic mass is 16.1. The van der Waals surface area contributed by atoms with E-state index < -0.39 is 0 Å². The average Bonchev–Trinajstić information content (AvgIpc) is 3.11. The molecular weight excluding hydrogens is 338 g/mol. The molecule has 2 aromatic heterocycles. The molecule has 0 aliphatic heterocycles. The molecule has 0 radical (unpaired) electrons. The molecule has 1 amide bonds. The van der Waals surface area contributed by atoms with Crippen molar-refractivity contribution in [2.45, 2.75) is 46.5 Å². The number of aryl methyl sites for hydroxylation is 2. The van der Waals surface area contributed by atoms with Crippen LogP contribution in [0.25, 0.3) is 5.78 Å². The minimum absolute atomic E-state index is 0.0640. The monoisotopic (exact) mass is 365 g/mol. The van der Waals surface area contributed by atoms with Crippen LogP contribution in [-0.2, 0) is 11.2 Å². The van der Waals surface area contributed by atoms with Crippen LogP contribution in [0.5, 0.6) is 0 Å². The fraction of sp³-hybridized carbons (Fsp3) is 0.429. The Morgan fingerprint density at radius 2 is 1.93 bits per heavy atom. The minimum atomic E-state index is 0.0640. The summed E-state index contributed by atoms with van der Waals surface area (Å²) in [5.74, 6) is 1.43. The van der Waals surface area contributed by atoms with E-state index in [-0.39, 0.29) is 5.91 Å². The zero-order valence-corrected chi connectivity index (χ0v) is 16.4. The number of aromatic nitrogens is 4. The Hall–Kier alpha value is -2.76. The van der Waals surface area contributed by atoms with Crippen molar-refractivity contribution >= 4 is 11.7 Å². The minimum Gasteiger partial charge on any atom is -0.355 e. The molecular formula is C21H27N5O. The van der Waals surface area contributed by atoms with Crippen molar-refractivity contribution < 1.29 is 4.79 Å². The second-order valence-corrected chi connectivity index (χ2v) is 7.30. The van der Waals surface area contributed by atoms with Gasteiger partial charge in [0.05, 0.1) is 0 Å². The highest BCUT2D eigenvalue weighted by Gasteiger charge is 2.17. The van der Waals surface area contributed by atoms with E-state index in [9.17, 15) is 4.79 Å². The fourth-order valence-electron chi connectivity index (χ4n) is 3.51. The van der Waals surface area contributed by atoms with Gasteiger partial charge in [-0.2, -0.15) is 10.1 Å². The Kier molecular flexibility index (Phi) is 5.84. The Bertz CT molecular complexity index is 917. The summed E-state index contributed by atoms with van der Waals surface area (Å²) in [4.78, 5) is 21.0. The number of hydrogen-bond acceptors (Lipinski definition) is 4. The second kappa shape index (κ2) is 8.29. The van der Waals surface area contributed by atoms with Crippen LogP contribution in [0, 0.1) is 19.8 Å². The number of hydrogen-bond donors (Lipinski definition) is 1. The van der Waals surface area contributed by atoms with Crippen LogP contribution in [0.2, 0.25) is 0 Å². The molecule has 0 saturated carbocycles. The average molecular weight is 365 g/mol. The van der Waals surface area contributed by atoms with Gasteiger partial charge in [0.1, 0.15) is 6.33 Å². The van der Waals surface area contributed by atoms with Gasteiger partial charge < -0.3 is 5.32 Å². The second-order valence-electron chi connectivity index (χ2n) is 7.30. The van der Waals surface area contributed by atoms with Gasteiger partial charge in [-0.05, 0) is 37.3 Å². The quantitative estimate of drug-likeness (QED) is 0.698. The standard InChI is InChI=1S/C21H27N5O/c1-14(2)19(17-8-6-5-7-9-17)12-22-20(27)11-10-18-15(3)25-21-23-13-24-26(21)16(18)4/h5-9,13-14,19H,10-12H2,1-4H3,(H,22,27). The highest BCUT2D eigenvalue weighted by Crippen LogP contribution is 2.23. The molecule has 0 aliphatic rings. The van der Waals surface area contributed by atoms with Gasteiger partial charge in [0.15, 0.2) is 0 Å². The summed E-state index contributed by atoms with van der Waals surface area (Å²) in [6.07, 6.45) is 2.58. The molecule has 2 heterocycles. The van der Waals surface area contributed by atoms with E-state index in [1.165, 1.54) is 11.9 Å². The third-order valence-electron chi connectivity index (χ3n) is 5.14. The summed E-state index contributed by atoms with van der Waals surface area (Å²) in [7, 11) is 0. The van der Waals surface area contributed by atoms with Gasteiger partial charge in [0.25, 0.3) is 5.78 Å². The lowest BCUT2D eigenvalue weighted by atomic mass is 9.88. The number of nitrogens with zero attached hydrogens (tertiary/aromatic N) is 4. The number of carbonyl (C=O) groups is 1. The fourth-order valence-corrected chi connectivity index (χ4v) is 3.51. The van der Waals surface area contributed by atoms with E-state index in [0.717, 1.165) is 17.0 Å². The van der Waals surface area contributed by atoms with E-state index in [1.54, 1.807) is 4.52 Å². The first-order chi connectivity index (χ1) is 13.0. The number of benzene rings is 1. The van der Waals surface area contributed by atoms with Crippen LogP contribution in [-0.4, -0.2) is 32.0 Å². The van der Waals surface area contributed by atoms with Crippen LogP contribution < -0.4 is 5.32 Å². The number of rotatable bonds is 7. The molecule has 0 fully saturated rings. The number of fused-ring (bicyclic) bond motifs is 1. The topological polar surface area (TPSA) is 72.2 Å². The summed E-state index contributed by atoms with van der Waals surface area (Å²) in [6, 6.07) is 10.4. The molecule has 0 aliphatic carbocycles. The van der Waals surface area contributed by atoms with E-state index in [2.05, 4.69) is 46.4 Å². The summed E-state index contributed by atoms with van der Waals surface area (Å²) in [5, 5.41) is 7.31. The third kappa shape index (κ3) is 4.32. The van der Waals surface area contributed by atoms with Gasteiger partial charge in [-0.3, -0.25) is 4.79 Å². The predicted molar refractivity (Wildman–Crippen MR) is 106 cm³/mol. The molecule has 3 rings (SSSR count). The summed E-state index contributed by atoms with van der Waals surface area (Å²) in [5.41, 5.74) is 4.23. The Labute approximate surface area is 160 Å². The van der Waals surface area contributed by atoms with Crippen LogP contribution in [0.3, 0.4) is 0 Å². The van der Waals surface area contributed by atoms with E-state index in [1.807, 2.05) is 32.0 Å². The van der Waals surface area contributed by atoms with Crippen LogP contribution in [0.4, 0.5) is 0 Å². The normalized spacial score (nSPS) is 12.5. The third-order valence-corrected chi connectivity index (χ3v) is 5.14. The molecule has 0 bridgehead atoms. The smallest absolute Gasteiger partial charge is 0.252 e. The van der Waals surface area contributed by atoms with Gasteiger partial charge in [0, 0.05) is 30.3 Å². The van der Waals surface area contributed by atoms with E-state index >= 15 is 0 Å². The predicted octanol–water partition coefficient (Wildman–Crippen LogP) is 3.23. The molecule has 3 aromatic rings. The maximum atomic E-state index is 12.4. The lowest BCUT2D eigenvalue weighted by Gasteiger charge is -2.22. The van der Waals surface area contributed by atoms with Crippen molar-refractivity contribution in [3.8, 4) is 0 Å². The molecule has 142 valence electrons. The molecule has 1 unspecified atom stereocenters. The van der Waals surface area contributed by atoms with Crippen molar-refractivity contribution in [3.63, 3.8) is 0 Å². The lowest BCUT2D eigenvalue weighted by Crippen LogP contribution is -2.30. The zero-order valence-electron chi connectivity index (χ0n) is 16.4. The van der Waals surface area contributed by atoms with Crippen LogP contribution in [0.15, 0.2) is 36.7 Å². The SMILES string of the molecule is Cc1nc2ncnn2c(C)c1CCC(=O)NCC(c1ccccc1)C(C)C. The molecule has 6 nitrogen and oxygen atoms in total. The van der Waals surface area contributed by atoms with Gasteiger partial charge in [0.2, 0.25) is 5.91 Å². The van der Waals surface area contributed by atoms with Gasteiger partial charge in [-0.15, -0.1) is 0 Å². The van der Waals surface area contributed by atoms with Gasteiger partial charge in [-0.1, -0.05) is 44.2 Å². The first-order valence-corrected chi connectivity index (χ1v) is 9.44. The Balaban J connectivity index is 1.61. The number of carbonyl (C=O) groups excluding carboxylic acids is 1. The summed E-state index contributed by atoms with van der Waals surface area (Å²) in [6.45, 7) is 8.98. The van der Waals surface area contributed by atoms with Crippen molar-refractivity contribution in [1.29, 1.82) is 0 Å². The van der Waals surface area contributed by atoms with E-state index in [4.69, 9.17) is 0 Å². The highest BCUT2D eigenvalue weighted by molar-refractivity contribution is 5.76. The molecule has 6 heteroatoms. The first-order valence-electron chi connectivity index (χ1n) is 9.44. The first kappa shape index (κ1) is 19.0. The maximum Gasteiger partial charge on any atom is 0.252 e. The van der Waals surface area contributed by atoms with Crippen LogP contribution in [0.1, 0.15) is 48.7 Å². The van der Waals surface area contributed by atoms with Crippen molar-refractivity contribution in [2.24, 2.45) is 5.92 Å². The number of amides is 1. The van der Waals surface area contributed by atoms with Crippen molar-refractivity contribution in [2.75, 3.05) is 6.54 Å². The lowest BCUT2D eigenvalue weighted by molar-refractivity contribution is -0.121. The maximum absolute atomic E-state index is 12.4. The molecule has 0 spiro atoms. The van der Waals surface area contributed by atoms with Gasteiger partial charge >= 0.3 is 0 Å². The molecule has 27 heavy (non-hydrogen) atoms. The number of nitrogens with one attached hydrogen (secondary N) is 1. The Morgan fingerprint density at radius 1 is 1.19 bits per heavy atom. The molecule has 0 saturated heterocycles. The van der Waals surface area contributed by atoms with Crippen molar-refractivity contribution in [3.05, 3.63) is 59.2 Å². The molecule has 1 aromatic carbocycles. The molecule has 1 atom stereocenters. The molecule has 1 N–H and O–H groups in total. The zero-order chi connectivity index (χ0) is 19.4. The summed E-state index contributed by atoms with van der Waals surface area (Å²) >= 11 is 0.